The van der Waals surface area contributed by atoms with E-state index >= 15 is 0 Å². The fourth-order valence-electron chi connectivity index (χ4n) is 2.07. The molecule has 0 aliphatic heterocycles. The van der Waals surface area contributed by atoms with Crippen LogP contribution in [0.4, 0.5) is 0 Å². The number of nitrogens with zero attached hydrogens (tertiary/aromatic N) is 2. The summed E-state index contributed by atoms with van der Waals surface area (Å²) in [7, 11) is 1.61. The van der Waals surface area contributed by atoms with Crippen molar-refractivity contribution in [2.75, 3.05) is 7.11 Å². The average molecular weight is 365 g/mol. The van der Waals surface area contributed by atoms with E-state index < -0.39 is 6.10 Å². The number of halogens is 2. The Hall–Kier alpha value is -2.24. The molecule has 24 heavy (non-hydrogen) atoms. The molecule has 3 rings (SSSR count). The third kappa shape index (κ3) is 3.63. The highest BCUT2D eigenvalue weighted by atomic mass is 35.5. The van der Waals surface area contributed by atoms with E-state index in [0.717, 1.165) is 11.3 Å². The molecule has 7 heteroatoms. The molecule has 0 unspecified atom stereocenters. The Morgan fingerprint density at radius 1 is 1.08 bits per heavy atom. The summed E-state index contributed by atoms with van der Waals surface area (Å²) < 4.78 is 16.2. The fourth-order valence-corrected chi connectivity index (χ4v) is 2.52. The predicted octanol–water partition coefficient (Wildman–Crippen LogP) is 5.19. The normalized spacial score (nSPS) is 12.0. The van der Waals surface area contributed by atoms with Crippen molar-refractivity contribution in [3.63, 3.8) is 0 Å². The summed E-state index contributed by atoms with van der Waals surface area (Å²) >= 11 is 12.0. The zero-order valence-corrected chi connectivity index (χ0v) is 14.5. The minimum absolute atomic E-state index is 0.354. The molecule has 3 aromatic rings. The van der Waals surface area contributed by atoms with Gasteiger partial charge < -0.3 is 14.0 Å². The topological polar surface area (TPSA) is 57.4 Å². The SMILES string of the molecule is COc1ccc(-c2noc([C@H](C)Oc3ccc(Cl)cc3Cl)n2)cc1. The van der Waals surface area contributed by atoms with E-state index in [0.29, 0.717) is 27.5 Å². The van der Waals surface area contributed by atoms with Gasteiger partial charge in [-0.05, 0) is 49.4 Å². The smallest absolute Gasteiger partial charge is 0.267 e. The van der Waals surface area contributed by atoms with E-state index in [4.69, 9.17) is 37.2 Å². The molecule has 0 aliphatic rings. The van der Waals surface area contributed by atoms with Gasteiger partial charge in [0.15, 0.2) is 6.10 Å². The largest absolute Gasteiger partial charge is 0.497 e. The summed E-state index contributed by atoms with van der Waals surface area (Å²) in [4.78, 5) is 4.37. The summed E-state index contributed by atoms with van der Waals surface area (Å²) in [6.45, 7) is 1.80. The lowest BCUT2D eigenvalue weighted by atomic mass is 10.2. The van der Waals surface area contributed by atoms with Crippen LogP contribution in [0.25, 0.3) is 11.4 Å². The Morgan fingerprint density at radius 2 is 1.83 bits per heavy atom. The summed E-state index contributed by atoms with van der Waals surface area (Å²) in [5, 5.41) is 4.94. The minimum atomic E-state index is -0.455. The van der Waals surface area contributed by atoms with Crippen LogP contribution >= 0.6 is 23.2 Å². The second kappa shape index (κ2) is 7.11. The van der Waals surface area contributed by atoms with Gasteiger partial charge in [0, 0.05) is 10.6 Å². The summed E-state index contributed by atoms with van der Waals surface area (Å²) in [6, 6.07) is 12.4. The molecule has 1 aromatic heterocycles. The fraction of sp³-hybridized carbons (Fsp3) is 0.176. The van der Waals surface area contributed by atoms with Gasteiger partial charge in [-0.15, -0.1) is 0 Å². The lowest BCUT2D eigenvalue weighted by Gasteiger charge is -2.12. The minimum Gasteiger partial charge on any atom is -0.497 e. The zero-order valence-electron chi connectivity index (χ0n) is 13.0. The lowest BCUT2D eigenvalue weighted by molar-refractivity contribution is 0.176. The van der Waals surface area contributed by atoms with Crippen molar-refractivity contribution in [2.24, 2.45) is 0 Å². The van der Waals surface area contributed by atoms with Gasteiger partial charge in [0.25, 0.3) is 5.89 Å². The van der Waals surface area contributed by atoms with Crippen LogP contribution in [0, 0.1) is 0 Å². The Labute approximate surface area is 149 Å². The van der Waals surface area contributed by atoms with E-state index in [-0.39, 0.29) is 0 Å². The quantitative estimate of drug-likeness (QED) is 0.623. The van der Waals surface area contributed by atoms with E-state index in [1.807, 2.05) is 24.3 Å². The molecule has 124 valence electrons. The van der Waals surface area contributed by atoms with Crippen molar-refractivity contribution >= 4 is 23.2 Å². The number of hydrogen-bond donors (Lipinski definition) is 0. The number of hydrogen-bond acceptors (Lipinski definition) is 5. The standard InChI is InChI=1S/C17H14Cl2N2O3/c1-10(23-15-8-5-12(18)9-14(15)19)17-20-16(21-24-17)11-3-6-13(22-2)7-4-11/h3-10H,1-2H3/t10-/m0/s1. The maximum Gasteiger partial charge on any atom is 0.267 e. The number of aromatic nitrogens is 2. The molecule has 1 heterocycles. The van der Waals surface area contributed by atoms with Crippen LogP contribution in [-0.4, -0.2) is 17.3 Å². The van der Waals surface area contributed by atoms with Crippen molar-refractivity contribution in [1.82, 2.24) is 10.1 Å². The van der Waals surface area contributed by atoms with Crippen LogP contribution < -0.4 is 9.47 Å². The van der Waals surface area contributed by atoms with Gasteiger partial charge >= 0.3 is 0 Å². The zero-order chi connectivity index (χ0) is 17.1. The van der Waals surface area contributed by atoms with Crippen molar-refractivity contribution in [2.45, 2.75) is 13.0 Å². The second-order valence-corrected chi connectivity index (χ2v) is 5.86. The highest BCUT2D eigenvalue weighted by molar-refractivity contribution is 6.35. The van der Waals surface area contributed by atoms with Gasteiger partial charge in [0.1, 0.15) is 11.5 Å². The molecular formula is C17H14Cl2N2O3. The van der Waals surface area contributed by atoms with Crippen LogP contribution in [0.15, 0.2) is 47.0 Å². The Morgan fingerprint density at radius 3 is 2.50 bits per heavy atom. The molecule has 2 aromatic carbocycles. The van der Waals surface area contributed by atoms with Crippen LogP contribution in [-0.2, 0) is 0 Å². The van der Waals surface area contributed by atoms with Gasteiger partial charge in [-0.1, -0.05) is 28.4 Å². The van der Waals surface area contributed by atoms with Crippen molar-refractivity contribution in [1.29, 1.82) is 0 Å². The molecule has 0 saturated carbocycles. The monoisotopic (exact) mass is 364 g/mol. The Bertz CT molecular complexity index is 834. The van der Waals surface area contributed by atoms with Gasteiger partial charge in [0.05, 0.1) is 12.1 Å². The lowest BCUT2D eigenvalue weighted by Crippen LogP contribution is -2.03. The highest BCUT2D eigenvalue weighted by Gasteiger charge is 2.18. The third-order valence-corrected chi connectivity index (χ3v) is 3.87. The number of benzene rings is 2. The van der Waals surface area contributed by atoms with Crippen molar-refractivity contribution in [3.05, 3.63) is 58.4 Å². The number of methoxy groups -OCH3 is 1. The molecule has 1 atom stereocenters. The molecule has 0 amide bonds. The average Bonchev–Trinajstić information content (AvgIpc) is 3.07. The van der Waals surface area contributed by atoms with Crippen LogP contribution in [0.2, 0.25) is 10.0 Å². The molecule has 0 aliphatic carbocycles. The van der Waals surface area contributed by atoms with E-state index in [9.17, 15) is 0 Å². The second-order valence-electron chi connectivity index (χ2n) is 5.02. The first kappa shape index (κ1) is 16.6. The maximum atomic E-state index is 6.10. The third-order valence-electron chi connectivity index (χ3n) is 3.34. The van der Waals surface area contributed by atoms with Crippen LogP contribution in [0.1, 0.15) is 18.9 Å². The van der Waals surface area contributed by atoms with Crippen LogP contribution in [0.5, 0.6) is 11.5 Å². The molecule has 0 spiro atoms. The van der Waals surface area contributed by atoms with Gasteiger partial charge in [0.2, 0.25) is 5.82 Å². The Balaban J connectivity index is 1.76. The Kier molecular flexibility index (Phi) is 4.92. The molecule has 0 N–H and O–H groups in total. The first-order valence-corrected chi connectivity index (χ1v) is 7.92. The molecular weight excluding hydrogens is 351 g/mol. The molecule has 0 bridgehead atoms. The molecule has 0 radical (unpaired) electrons. The molecule has 0 saturated heterocycles. The summed E-state index contributed by atoms with van der Waals surface area (Å²) in [5.74, 6) is 2.09. The van der Waals surface area contributed by atoms with Crippen molar-refractivity contribution < 1.29 is 14.0 Å². The first-order valence-electron chi connectivity index (χ1n) is 7.16. The number of rotatable bonds is 5. The summed E-state index contributed by atoms with van der Waals surface area (Å²) in [5.41, 5.74) is 0.822. The first-order chi connectivity index (χ1) is 11.6. The highest BCUT2D eigenvalue weighted by Crippen LogP contribution is 2.31. The molecule has 0 fully saturated rings. The maximum absolute atomic E-state index is 6.10. The van der Waals surface area contributed by atoms with E-state index in [1.165, 1.54) is 0 Å². The van der Waals surface area contributed by atoms with E-state index in [2.05, 4.69) is 10.1 Å². The summed E-state index contributed by atoms with van der Waals surface area (Å²) in [6.07, 6.45) is -0.455. The predicted molar refractivity (Wildman–Crippen MR) is 91.8 cm³/mol. The van der Waals surface area contributed by atoms with Crippen LogP contribution in [0.3, 0.4) is 0 Å². The van der Waals surface area contributed by atoms with E-state index in [1.54, 1.807) is 32.2 Å². The van der Waals surface area contributed by atoms with Gasteiger partial charge in [-0.3, -0.25) is 0 Å². The van der Waals surface area contributed by atoms with Gasteiger partial charge in [-0.2, -0.15) is 4.98 Å². The number of ether oxygens (including phenoxy) is 2. The van der Waals surface area contributed by atoms with Gasteiger partial charge in [-0.25, -0.2) is 0 Å². The van der Waals surface area contributed by atoms with Crippen molar-refractivity contribution in [3.8, 4) is 22.9 Å². The molecule has 5 nitrogen and oxygen atoms in total.